The number of aromatic nitrogens is 2. The van der Waals surface area contributed by atoms with Gasteiger partial charge in [-0.1, -0.05) is 31.2 Å². The molecule has 0 radical (unpaired) electrons. The quantitative estimate of drug-likeness (QED) is 0.809. The molecule has 0 aliphatic heterocycles. The molecule has 0 saturated carbocycles. The molecule has 0 saturated heterocycles. The number of carbonyl (C=O) groups excluding carboxylic acids is 1. The summed E-state index contributed by atoms with van der Waals surface area (Å²) in [5.74, 6) is -0.445. The number of para-hydroxylation sites is 1. The zero-order valence-corrected chi connectivity index (χ0v) is 13.0. The average molecular weight is 307 g/mol. The van der Waals surface area contributed by atoms with Crippen LogP contribution < -0.4 is 10.9 Å². The minimum atomic E-state index is -0.445. The molecule has 2 heterocycles. The average Bonchev–Trinajstić information content (AvgIpc) is 2.56. The third-order valence-electron chi connectivity index (χ3n) is 3.74. The Hall–Kier alpha value is -2.95. The Labute approximate surface area is 133 Å². The fourth-order valence-corrected chi connectivity index (χ4v) is 2.48. The largest absolute Gasteiger partial charge is 0.322 e. The molecule has 0 atom stereocenters. The molecule has 2 aromatic heterocycles. The molecule has 0 spiro atoms. The van der Waals surface area contributed by atoms with Gasteiger partial charge in [-0.3, -0.25) is 14.0 Å². The van der Waals surface area contributed by atoms with Crippen molar-refractivity contribution in [2.75, 3.05) is 5.32 Å². The van der Waals surface area contributed by atoms with Crippen LogP contribution in [0.4, 0.5) is 5.69 Å². The van der Waals surface area contributed by atoms with E-state index >= 15 is 0 Å². The number of aryl methyl sites for hydroxylation is 2. The lowest BCUT2D eigenvalue weighted by Gasteiger charge is -2.10. The van der Waals surface area contributed by atoms with E-state index < -0.39 is 5.91 Å². The number of nitrogens with one attached hydrogen (secondary N) is 1. The van der Waals surface area contributed by atoms with E-state index in [-0.39, 0.29) is 11.1 Å². The Bertz CT molecular complexity index is 944. The molecule has 0 aliphatic carbocycles. The van der Waals surface area contributed by atoms with Crippen LogP contribution in [0.15, 0.2) is 53.6 Å². The van der Waals surface area contributed by atoms with Crippen LogP contribution in [0.25, 0.3) is 5.65 Å². The fourth-order valence-electron chi connectivity index (χ4n) is 2.48. The van der Waals surface area contributed by atoms with Crippen LogP contribution in [0.1, 0.15) is 28.4 Å². The first-order valence-electron chi connectivity index (χ1n) is 7.47. The molecule has 1 amide bonds. The number of hydrogen-bond acceptors (Lipinski definition) is 3. The molecule has 0 fully saturated rings. The molecule has 1 N–H and O–H groups in total. The molecule has 116 valence electrons. The monoisotopic (exact) mass is 307 g/mol. The second-order valence-corrected chi connectivity index (χ2v) is 5.38. The van der Waals surface area contributed by atoms with Crippen molar-refractivity contribution < 1.29 is 4.79 Å². The third-order valence-corrected chi connectivity index (χ3v) is 3.74. The number of rotatable bonds is 3. The lowest BCUT2D eigenvalue weighted by atomic mass is 10.1. The summed E-state index contributed by atoms with van der Waals surface area (Å²) < 4.78 is 1.40. The van der Waals surface area contributed by atoms with Crippen molar-refractivity contribution in [2.45, 2.75) is 20.3 Å². The fraction of sp³-hybridized carbons (Fsp3) is 0.167. The molecule has 5 heteroatoms. The summed E-state index contributed by atoms with van der Waals surface area (Å²) in [6.07, 6.45) is 3.81. The number of benzene rings is 1. The SMILES string of the molecule is CCc1ccccc1NC(=O)c1cnc2ccc(C)cn2c1=O. The van der Waals surface area contributed by atoms with Gasteiger partial charge < -0.3 is 5.32 Å². The zero-order chi connectivity index (χ0) is 16.4. The van der Waals surface area contributed by atoms with E-state index in [1.807, 2.05) is 44.2 Å². The highest BCUT2D eigenvalue weighted by Gasteiger charge is 2.14. The maximum atomic E-state index is 12.5. The first-order chi connectivity index (χ1) is 11.1. The van der Waals surface area contributed by atoms with Crippen molar-refractivity contribution in [3.05, 3.63) is 75.8 Å². The summed E-state index contributed by atoms with van der Waals surface area (Å²) in [5, 5.41) is 2.81. The van der Waals surface area contributed by atoms with Crippen LogP contribution in [0, 0.1) is 6.92 Å². The number of fused-ring (bicyclic) bond motifs is 1. The van der Waals surface area contributed by atoms with Crippen LogP contribution in [0.5, 0.6) is 0 Å². The van der Waals surface area contributed by atoms with Crippen LogP contribution in [-0.4, -0.2) is 15.3 Å². The normalized spacial score (nSPS) is 10.7. The molecule has 0 bridgehead atoms. The van der Waals surface area contributed by atoms with Crippen molar-refractivity contribution in [2.24, 2.45) is 0 Å². The molecule has 5 nitrogen and oxygen atoms in total. The smallest absolute Gasteiger partial charge is 0.270 e. The number of hydrogen-bond donors (Lipinski definition) is 1. The second kappa shape index (κ2) is 6.04. The van der Waals surface area contributed by atoms with Gasteiger partial charge in [-0.15, -0.1) is 0 Å². The van der Waals surface area contributed by atoms with E-state index in [1.165, 1.54) is 10.6 Å². The summed E-state index contributed by atoms with van der Waals surface area (Å²) >= 11 is 0. The Morgan fingerprint density at radius 2 is 2.00 bits per heavy atom. The van der Waals surface area contributed by atoms with E-state index in [1.54, 1.807) is 12.3 Å². The minimum Gasteiger partial charge on any atom is -0.322 e. The summed E-state index contributed by atoms with van der Waals surface area (Å²) in [6, 6.07) is 11.2. The molecule has 0 aliphatic rings. The summed E-state index contributed by atoms with van der Waals surface area (Å²) in [4.78, 5) is 29.2. The molecular weight excluding hydrogens is 290 g/mol. The molecule has 3 aromatic rings. The van der Waals surface area contributed by atoms with Crippen molar-refractivity contribution in [1.82, 2.24) is 9.38 Å². The van der Waals surface area contributed by atoms with E-state index in [9.17, 15) is 9.59 Å². The number of pyridine rings is 1. The lowest BCUT2D eigenvalue weighted by molar-refractivity contribution is 0.102. The Morgan fingerprint density at radius 3 is 2.78 bits per heavy atom. The van der Waals surface area contributed by atoms with Gasteiger partial charge >= 0.3 is 0 Å². The van der Waals surface area contributed by atoms with Crippen molar-refractivity contribution >= 4 is 17.2 Å². The van der Waals surface area contributed by atoms with Crippen molar-refractivity contribution in [3.63, 3.8) is 0 Å². The standard InChI is InChI=1S/C18H17N3O2/c1-3-13-6-4-5-7-15(13)20-17(22)14-10-19-16-9-8-12(2)11-21(16)18(14)23/h4-11H,3H2,1-2H3,(H,20,22). The summed E-state index contributed by atoms with van der Waals surface area (Å²) in [7, 11) is 0. The van der Waals surface area contributed by atoms with E-state index in [2.05, 4.69) is 10.3 Å². The first-order valence-corrected chi connectivity index (χ1v) is 7.47. The number of anilines is 1. The first kappa shape index (κ1) is 15.0. The van der Waals surface area contributed by atoms with Gasteiger partial charge in [-0.25, -0.2) is 4.98 Å². The van der Waals surface area contributed by atoms with Gasteiger partial charge in [0.1, 0.15) is 11.2 Å². The number of amides is 1. The molecule has 23 heavy (non-hydrogen) atoms. The molecule has 1 aromatic carbocycles. The van der Waals surface area contributed by atoms with Gasteiger partial charge in [0, 0.05) is 18.1 Å². The molecular formula is C18H17N3O2. The zero-order valence-electron chi connectivity index (χ0n) is 13.0. The van der Waals surface area contributed by atoms with Crippen molar-refractivity contribution in [1.29, 1.82) is 0 Å². The van der Waals surface area contributed by atoms with Gasteiger partial charge in [0.25, 0.3) is 11.5 Å². The van der Waals surface area contributed by atoms with Crippen molar-refractivity contribution in [3.8, 4) is 0 Å². The number of nitrogens with zero attached hydrogens (tertiary/aromatic N) is 2. The van der Waals surface area contributed by atoms with Gasteiger partial charge in [0.2, 0.25) is 0 Å². The van der Waals surface area contributed by atoms with Crippen LogP contribution >= 0.6 is 0 Å². The van der Waals surface area contributed by atoms with E-state index in [4.69, 9.17) is 0 Å². The highest BCUT2D eigenvalue weighted by Crippen LogP contribution is 2.16. The topological polar surface area (TPSA) is 63.5 Å². The highest BCUT2D eigenvalue weighted by molar-refractivity contribution is 6.04. The van der Waals surface area contributed by atoms with Crippen LogP contribution in [0.3, 0.4) is 0 Å². The van der Waals surface area contributed by atoms with Crippen LogP contribution in [0.2, 0.25) is 0 Å². The van der Waals surface area contributed by atoms with Gasteiger partial charge in [0.15, 0.2) is 0 Å². The summed E-state index contributed by atoms with van der Waals surface area (Å²) in [6.45, 7) is 3.90. The maximum Gasteiger partial charge on any atom is 0.270 e. The Morgan fingerprint density at radius 1 is 1.22 bits per heavy atom. The minimum absolute atomic E-state index is 0.0269. The third kappa shape index (κ3) is 2.85. The van der Waals surface area contributed by atoms with Gasteiger partial charge in [-0.05, 0) is 36.6 Å². The molecule has 0 unspecified atom stereocenters. The Kier molecular flexibility index (Phi) is 3.93. The lowest BCUT2D eigenvalue weighted by Crippen LogP contribution is -2.27. The van der Waals surface area contributed by atoms with Gasteiger partial charge in [-0.2, -0.15) is 0 Å². The predicted molar refractivity (Wildman–Crippen MR) is 90.0 cm³/mol. The Balaban J connectivity index is 2.01. The van der Waals surface area contributed by atoms with Crippen LogP contribution in [-0.2, 0) is 6.42 Å². The predicted octanol–water partition coefficient (Wildman–Crippen LogP) is 2.82. The second-order valence-electron chi connectivity index (χ2n) is 5.38. The maximum absolute atomic E-state index is 12.5. The summed E-state index contributed by atoms with van der Waals surface area (Å²) in [5.41, 5.74) is 2.84. The number of carbonyl (C=O) groups is 1. The molecule has 3 rings (SSSR count). The van der Waals surface area contributed by atoms with Gasteiger partial charge in [0.05, 0.1) is 0 Å². The van der Waals surface area contributed by atoms with E-state index in [0.29, 0.717) is 11.3 Å². The highest BCUT2D eigenvalue weighted by atomic mass is 16.2. The van der Waals surface area contributed by atoms with E-state index in [0.717, 1.165) is 17.5 Å².